The summed E-state index contributed by atoms with van der Waals surface area (Å²) in [4.78, 5) is 12.0. The summed E-state index contributed by atoms with van der Waals surface area (Å²) < 4.78 is 18.7. The Kier molecular flexibility index (Phi) is 4.52. The van der Waals surface area contributed by atoms with Gasteiger partial charge in [-0.2, -0.15) is 0 Å². The van der Waals surface area contributed by atoms with Crippen molar-refractivity contribution in [3.05, 3.63) is 65.5 Å². The second kappa shape index (κ2) is 6.75. The van der Waals surface area contributed by atoms with Gasteiger partial charge in [-0.1, -0.05) is 41.6 Å². The summed E-state index contributed by atoms with van der Waals surface area (Å²) in [5.41, 5.74) is 2.26. The maximum Gasteiger partial charge on any atom is 0.277 e. The minimum atomic E-state index is -0.430. The fraction of sp³-hybridized carbons (Fsp3) is 0.118. The van der Waals surface area contributed by atoms with E-state index in [1.165, 1.54) is 18.2 Å². The van der Waals surface area contributed by atoms with Gasteiger partial charge in [-0.05, 0) is 31.2 Å². The van der Waals surface area contributed by atoms with Crippen LogP contribution in [0.2, 0.25) is 0 Å². The first-order valence-corrected chi connectivity index (χ1v) is 7.92. The van der Waals surface area contributed by atoms with Crippen LogP contribution >= 0.6 is 11.8 Å². The SMILES string of the molecule is Cc1cccc(-c2nnc(SCC(=O)c3cccc(F)c3)o2)c1. The lowest BCUT2D eigenvalue weighted by atomic mass is 10.1. The average molecular weight is 328 g/mol. The van der Waals surface area contributed by atoms with Crippen molar-refractivity contribution in [3.63, 3.8) is 0 Å². The lowest BCUT2D eigenvalue weighted by molar-refractivity contribution is 0.102. The fourth-order valence-corrected chi connectivity index (χ4v) is 2.69. The Bertz CT molecular complexity index is 848. The number of thioether (sulfide) groups is 1. The normalized spacial score (nSPS) is 10.7. The van der Waals surface area contributed by atoms with Gasteiger partial charge in [0.2, 0.25) is 5.89 Å². The Morgan fingerprint density at radius 2 is 2.00 bits per heavy atom. The highest BCUT2D eigenvalue weighted by atomic mass is 32.2. The van der Waals surface area contributed by atoms with Crippen LogP contribution in [0.5, 0.6) is 0 Å². The van der Waals surface area contributed by atoms with Gasteiger partial charge in [0.25, 0.3) is 5.22 Å². The van der Waals surface area contributed by atoms with Gasteiger partial charge in [0.05, 0.1) is 5.75 Å². The number of ketones is 1. The number of halogens is 1. The number of aryl methyl sites for hydroxylation is 1. The molecule has 0 saturated heterocycles. The van der Waals surface area contributed by atoms with Crippen LogP contribution in [0.15, 0.2) is 58.2 Å². The molecule has 0 bridgehead atoms. The Balaban J connectivity index is 1.67. The predicted octanol–water partition coefficient (Wildman–Crippen LogP) is 4.16. The Morgan fingerprint density at radius 3 is 2.78 bits per heavy atom. The fourth-order valence-electron chi connectivity index (χ4n) is 2.04. The molecule has 1 aromatic heterocycles. The number of rotatable bonds is 5. The molecular formula is C17H13FN2O2S. The lowest BCUT2D eigenvalue weighted by Gasteiger charge is -1.99. The Hall–Kier alpha value is -2.47. The zero-order chi connectivity index (χ0) is 16.2. The summed E-state index contributed by atoms with van der Waals surface area (Å²) in [6.45, 7) is 1.98. The third-order valence-corrected chi connectivity index (χ3v) is 3.96. The van der Waals surface area contributed by atoms with Crippen molar-refractivity contribution < 1.29 is 13.6 Å². The summed E-state index contributed by atoms with van der Waals surface area (Å²) in [7, 11) is 0. The highest BCUT2D eigenvalue weighted by Crippen LogP contribution is 2.24. The Morgan fingerprint density at radius 1 is 1.17 bits per heavy atom. The van der Waals surface area contributed by atoms with Crippen LogP contribution < -0.4 is 0 Å². The van der Waals surface area contributed by atoms with Crippen LogP contribution in [-0.2, 0) is 0 Å². The second-order valence-corrected chi connectivity index (χ2v) is 5.89. The molecule has 0 fully saturated rings. The van der Waals surface area contributed by atoms with Crippen LogP contribution in [0, 0.1) is 12.7 Å². The monoisotopic (exact) mass is 328 g/mol. The Labute approximate surface area is 136 Å². The molecule has 3 rings (SSSR count). The summed E-state index contributed by atoms with van der Waals surface area (Å²) in [5.74, 6) is -0.0987. The molecule has 0 aliphatic rings. The molecule has 0 spiro atoms. The first-order chi connectivity index (χ1) is 11.1. The summed E-state index contributed by atoms with van der Waals surface area (Å²) in [5, 5.41) is 8.22. The van der Waals surface area contributed by atoms with Crippen LogP contribution in [0.3, 0.4) is 0 Å². The molecule has 0 aliphatic heterocycles. The van der Waals surface area contributed by atoms with Crippen LogP contribution in [0.4, 0.5) is 4.39 Å². The minimum absolute atomic E-state index is 0.110. The van der Waals surface area contributed by atoms with E-state index in [1.807, 2.05) is 31.2 Å². The zero-order valence-electron chi connectivity index (χ0n) is 12.3. The lowest BCUT2D eigenvalue weighted by Crippen LogP contribution is -2.02. The molecule has 6 heteroatoms. The second-order valence-electron chi connectivity index (χ2n) is 4.96. The zero-order valence-corrected chi connectivity index (χ0v) is 13.1. The summed E-state index contributed by atoms with van der Waals surface area (Å²) in [6.07, 6.45) is 0. The molecule has 3 aromatic rings. The molecule has 0 aliphatic carbocycles. The molecule has 4 nitrogen and oxygen atoms in total. The van der Waals surface area contributed by atoms with Crippen molar-refractivity contribution in [2.24, 2.45) is 0 Å². The highest BCUT2D eigenvalue weighted by molar-refractivity contribution is 7.99. The number of Topliss-reactive ketones (excluding diaryl/α,β-unsaturated/α-hetero) is 1. The van der Waals surface area contributed by atoms with Gasteiger partial charge in [-0.3, -0.25) is 4.79 Å². The number of nitrogens with zero attached hydrogens (tertiary/aromatic N) is 2. The average Bonchev–Trinajstić information content (AvgIpc) is 3.01. The number of aromatic nitrogens is 2. The van der Waals surface area contributed by atoms with Gasteiger partial charge < -0.3 is 4.42 Å². The number of hydrogen-bond acceptors (Lipinski definition) is 5. The van der Waals surface area contributed by atoms with Crippen LogP contribution in [0.25, 0.3) is 11.5 Å². The van der Waals surface area contributed by atoms with Gasteiger partial charge in [0.15, 0.2) is 5.78 Å². The van der Waals surface area contributed by atoms with E-state index in [0.717, 1.165) is 22.9 Å². The molecule has 2 aromatic carbocycles. The number of hydrogen-bond donors (Lipinski definition) is 0. The molecule has 0 amide bonds. The van der Waals surface area contributed by atoms with E-state index >= 15 is 0 Å². The van der Waals surface area contributed by atoms with Crippen LogP contribution in [-0.4, -0.2) is 21.7 Å². The molecule has 0 radical (unpaired) electrons. The molecule has 116 valence electrons. The molecular weight excluding hydrogens is 315 g/mol. The van der Waals surface area contributed by atoms with E-state index in [0.29, 0.717) is 16.7 Å². The maximum atomic E-state index is 13.1. The van der Waals surface area contributed by atoms with Crippen molar-refractivity contribution in [3.8, 4) is 11.5 Å². The first-order valence-electron chi connectivity index (χ1n) is 6.94. The van der Waals surface area contributed by atoms with Crippen LogP contribution in [0.1, 0.15) is 15.9 Å². The third kappa shape index (κ3) is 3.84. The molecule has 0 saturated carbocycles. The topological polar surface area (TPSA) is 56.0 Å². The van der Waals surface area contributed by atoms with Crippen molar-refractivity contribution in [1.82, 2.24) is 10.2 Å². The molecule has 1 heterocycles. The van der Waals surface area contributed by atoms with Gasteiger partial charge in [0.1, 0.15) is 5.82 Å². The quantitative estimate of drug-likeness (QED) is 0.520. The number of carbonyl (C=O) groups is 1. The molecule has 23 heavy (non-hydrogen) atoms. The highest BCUT2D eigenvalue weighted by Gasteiger charge is 2.13. The van der Waals surface area contributed by atoms with E-state index in [4.69, 9.17) is 4.42 Å². The first kappa shape index (κ1) is 15.4. The third-order valence-electron chi connectivity index (χ3n) is 3.14. The number of carbonyl (C=O) groups excluding carboxylic acids is 1. The van der Waals surface area contributed by atoms with E-state index < -0.39 is 5.82 Å². The van der Waals surface area contributed by atoms with Crippen molar-refractivity contribution in [2.75, 3.05) is 5.75 Å². The largest absolute Gasteiger partial charge is 0.411 e. The van der Waals surface area contributed by atoms with Crippen molar-refractivity contribution in [1.29, 1.82) is 0 Å². The molecule has 0 unspecified atom stereocenters. The van der Waals surface area contributed by atoms with E-state index in [2.05, 4.69) is 10.2 Å². The molecule has 0 N–H and O–H groups in total. The maximum absolute atomic E-state index is 13.1. The van der Waals surface area contributed by atoms with Gasteiger partial charge >= 0.3 is 0 Å². The van der Waals surface area contributed by atoms with E-state index in [-0.39, 0.29) is 11.5 Å². The van der Waals surface area contributed by atoms with Gasteiger partial charge in [-0.15, -0.1) is 10.2 Å². The summed E-state index contributed by atoms with van der Waals surface area (Å²) >= 11 is 1.14. The number of benzene rings is 2. The minimum Gasteiger partial charge on any atom is -0.411 e. The van der Waals surface area contributed by atoms with Crippen molar-refractivity contribution in [2.45, 2.75) is 12.1 Å². The smallest absolute Gasteiger partial charge is 0.277 e. The van der Waals surface area contributed by atoms with Gasteiger partial charge in [0, 0.05) is 11.1 Å². The van der Waals surface area contributed by atoms with Gasteiger partial charge in [-0.25, -0.2) is 4.39 Å². The van der Waals surface area contributed by atoms with E-state index in [1.54, 1.807) is 6.07 Å². The molecule has 0 atom stereocenters. The standard InChI is InChI=1S/C17H13FN2O2S/c1-11-4-2-6-13(8-11)16-19-20-17(22-16)23-10-15(21)12-5-3-7-14(18)9-12/h2-9H,10H2,1H3. The predicted molar refractivity (Wildman–Crippen MR) is 85.9 cm³/mol. The summed E-state index contributed by atoms with van der Waals surface area (Å²) in [6, 6.07) is 13.3. The van der Waals surface area contributed by atoms with Crippen molar-refractivity contribution >= 4 is 17.5 Å². The van der Waals surface area contributed by atoms with E-state index in [9.17, 15) is 9.18 Å².